The first kappa shape index (κ1) is 10.6. The Labute approximate surface area is 98.3 Å². The molecule has 88 valence electrons. The fourth-order valence-corrected chi connectivity index (χ4v) is 4.24. The van der Waals surface area contributed by atoms with Gasteiger partial charge in [0.2, 0.25) is 0 Å². The van der Waals surface area contributed by atoms with E-state index < -0.39 is 0 Å². The van der Waals surface area contributed by atoms with Crippen molar-refractivity contribution in [2.45, 2.75) is 58.3 Å². The summed E-state index contributed by atoms with van der Waals surface area (Å²) >= 11 is 0. The molecule has 3 aliphatic rings. The van der Waals surface area contributed by atoms with Gasteiger partial charge in [-0.15, -0.1) is 0 Å². The van der Waals surface area contributed by atoms with E-state index in [0.29, 0.717) is 5.78 Å². The Hall–Kier alpha value is -0.590. The predicted molar refractivity (Wildman–Crippen MR) is 65.1 cm³/mol. The van der Waals surface area contributed by atoms with Gasteiger partial charge in [0.15, 0.2) is 5.78 Å². The fraction of sp³-hybridized carbons (Fsp3) is 0.800. The van der Waals surface area contributed by atoms with E-state index in [0.717, 1.165) is 37.0 Å². The third-order valence-corrected chi connectivity index (χ3v) is 5.03. The first-order valence-corrected chi connectivity index (χ1v) is 7.01. The van der Waals surface area contributed by atoms with Crippen LogP contribution in [-0.2, 0) is 4.79 Å². The highest BCUT2D eigenvalue weighted by molar-refractivity contribution is 5.97. The molecule has 0 saturated heterocycles. The third-order valence-electron chi connectivity index (χ3n) is 5.03. The number of Topliss-reactive ketones (excluding diaryl/α,β-unsaturated/α-hetero) is 1. The summed E-state index contributed by atoms with van der Waals surface area (Å²) in [4.78, 5) is 11.9. The van der Waals surface area contributed by atoms with Crippen molar-refractivity contribution in [2.24, 2.45) is 17.8 Å². The van der Waals surface area contributed by atoms with Crippen LogP contribution in [0.5, 0.6) is 0 Å². The highest BCUT2D eigenvalue weighted by Gasteiger charge is 2.37. The van der Waals surface area contributed by atoms with Gasteiger partial charge in [-0.05, 0) is 61.9 Å². The van der Waals surface area contributed by atoms with E-state index in [1.54, 1.807) is 5.57 Å². The van der Waals surface area contributed by atoms with Gasteiger partial charge in [0.25, 0.3) is 0 Å². The third kappa shape index (κ3) is 1.65. The lowest BCUT2D eigenvalue weighted by Crippen LogP contribution is -2.32. The van der Waals surface area contributed by atoms with Gasteiger partial charge >= 0.3 is 0 Å². The van der Waals surface area contributed by atoms with E-state index in [9.17, 15) is 4.79 Å². The van der Waals surface area contributed by atoms with Crippen LogP contribution in [0.2, 0.25) is 0 Å². The molecule has 0 heterocycles. The Kier molecular flexibility index (Phi) is 2.65. The first-order valence-electron chi connectivity index (χ1n) is 7.01. The molecule has 1 fully saturated rings. The summed E-state index contributed by atoms with van der Waals surface area (Å²) in [5, 5.41) is 0. The topological polar surface area (TPSA) is 17.1 Å². The quantitative estimate of drug-likeness (QED) is 0.603. The molecule has 0 bridgehead atoms. The van der Waals surface area contributed by atoms with Crippen molar-refractivity contribution in [3.63, 3.8) is 0 Å². The smallest absolute Gasteiger partial charge is 0.158 e. The summed E-state index contributed by atoms with van der Waals surface area (Å²) in [6, 6.07) is 0. The van der Waals surface area contributed by atoms with Crippen molar-refractivity contribution in [1.82, 2.24) is 0 Å². The van der Waals surface area contributed by atoms with Gasteiger partial charge in [-0.1, -0.05) is 18.9 Å². The Balaban J connectivity index is 1.89. The van der Waals surface area contributed by atoms with Crippen LogP contribution < -0.4 is 0 Å². The molecule has 1 nitrogen and oxygen atoms in total. The zero-order chi connectivity index (χ0) is 11.1. The van der Waals surface area contributed by atoms with Crippen LogP contribution in [0.3, 0.4) is 0 Å². The number of allylic oxidation sites excluding steroid dienone is 2. The second-order valence-corrected chi connectivity index (χ2v) is 6.10. The number of hydrogen-bond donors (Lipinski definition) is 0. The molecule has 16 heavy (non-hydrogen) atoms. The van der Waals surface area contributed by atoms with Gasteiger partial charge in [-0.2, -0.15) is 0 Å². The number of fused-ring (bicyclic) bond motifs is 2. The van der Waals surface area contributed by atoms with Crippen molar-refractivity contribution in [2.75, 3.05) is 0 Å². The van der Waals surface area contributed by atoms with Crippen molar-refractivity contribution in [3.8, 4) is 0 Å². The molecule has 3 aliphatic carbocycles. The molecule has 0 aliphatic heterocycles. The molecule has 0 aromatic heterocycles. The summed E-state index contributed by atoms with van der Waals surface area (Å²) in [7, 11) is 0. The lowest BCUT2D eigenvalue weighted by Gasteiger charge is -2.42. The molecular weight excluding hydrogens is 196 g/mol. The van der Waals surface area contributed by atoms with Crippen LogP contribution in [0.1, 0.15) is 58.3 Å². The van der Waals surface area contributed by atoms with Crippen LogP contribution in [0.4, 0.5) is 0 Å². The minimum atomic E-state index is 0.485. The summed E-state index contributed by atoms with van der Waals surface area (Å²) in [6.45, 7) is 2.39. The number of ketones is 1. The second kappa shape index (κ2) is 4.01. The van der Waals surface area contributed by atoms with E-state index >= 15 is 0 Å². The van der Waals surface area contributed by atoms with Gasteiger partial charge in [-0.25, -0.2) is 0 Å². The van der Waals surface area contributed by atoms with Crippen LogP contribution in [0, 0.1) is 17.8 Å². The largest absolute Gasteiger partial charge is 0.295 e. The molecule has 0 N–H and O–H groups in total. The van der Waals surface area contributed by atoms with Crippen molar-refractivity contribution < 1.29 is 4.79 Å². The van der Waals surface area contributed by atoms with E-state index in [1.807, 2.05) is 0 Å². The maximum atomic E-state index is 11.9. The fourth-order valence-electron chi connectivity index (χ4n) is 4.24. The Morgan fingerprint density at radius 3 is 2.81 bits per heavy atom. The number of hydrogen-bond acceptors (Lipinski definition) is 1. The van der Waals surface area contributed by atoms with Gasteiger partial charge in [0.05, 0.1) is 0 Å². The molecule has 0 amide bonds. The van der Waals surface area contributed by atoms with Gasteiger partial charge in [0, 0.05) is 6.42 Å². The van der Waals surface area contributed by atoms with Crippen LogP contribution in [0.15, 0.2) is 11.1 Å². The molecule has 1 heteroatoms. The summed E-state index contributed by atoms with van der Waals surface area (Å²) in [6.07, 6.45) is 9.72. The zero-order valence-corrected chi connectivity index (χ0v) is 10.3. The van der Waals surface area contributed by atoms with Crippen molar-refractivity contribution in [1.29, 1.82) is 0 Å². The molecule has 3 unspecified atom stereocenters. The summed E-state index contributed by atoms with van der Waals surface area (Å²) < 4.78 is 0. The van der Waals surface area contributed by atoms with Crippen LogP contribution >= 0.6 is 0 Å². The van der Waals surface area contributed by atoms with Crippen molar-refractivity contribution in [3.05, 3.63) is 11.1 Å². The highest BCUT2D eigenvalue weighted by atomic mass is 16.1. The Morgan fingerprint density at radius 1 is 1.06 bits per heavy atom. The van der Waals surface area contributed by atoms with E-state index in [1.165, 1.54) is 37.7 Å². The molecule has 0 radical (unpaired) electrons. The maximum Gasteiger partial charge on any atom is 0.158 e. The monoisotopic (exact) mass is 218 g/mol. The standard InChI is InChI=1S/C15H22O/c1-10-5-7-12-11(9-10)6-8-14-13(12)3-2-4-15(14)16/h10-12H,2-9H2,1H3. The summed E-state index contributed by atoms with van der Waals surface area (Å²) in [5.74, 6) is 3.11. The lowest BCUT2D eigenvalue weighted by molar-refractivity contribution is -0.116. The van der Waals surface area contributed by atoms with E-state index in [4.69, 9.17) is 0 Å². The SMILES string of the molecule is CC1CCC2C3=C(CCC2C1)C(=O)CCC3. The van der Waals surface area contributed by atoms with Gasteiger partial charge in [0.1, 0.15) is 0 Å². The van der Waals surface area contributed by atoms with Gasteiger partial charge in [-0.3, -0.25) is 4.79 Å². The van der Waals surface area contributed by atoms with Crippen LogP contribution in [-0.4, -0.2) is 5.78 Å². The average molecular weight is 218 g/mol. The van der Waals surface area contributed by atoms with E-state index in [2.05, 4.69) is 6.92 Å². The molecule has 0 aromatic rings. The maximum absolute atomic E-state index is 11.9. The van der Waals surface area contributed by atoms with Crippen molar-refractivity contribution >= 4 is 5.78 Å². The van der Waals surface area contributed by atoms with Crippen LogP contribution in [0.25, 0.3) is 0 Å². The average Bonchev–Trinajstić information content (AvgIpc) is 2.28. The first-order chi connectivity index (χ1) is 7.75. The lowest BCUT2D eigenvalue weighted by atomic mass is 9.63. The normalized spacial score (nSPS) is 39.3. The molecule has 3 rings (SSSR count). The molecule has 0 spiro atoms. The minimum absolute atomic E-state index is 0.485. The highest BCUT2D eigenvalue weighted by Crippen LogP contribution is 2.48. The predicted octanol–water partition coefficient (Wildman–Crippen LogP) is 3.88. The Bertz CT molecular complexity index is 339. The molecule has 0 aromatic carbocycles. The number of carbonyl (C=O) groups excluding carboxylic acids is 1. The zero-order valence-electron chi connectivity index (χ0n) is 10.3. The van der Waals surface area contributed by atoms with E-state index in [-0.39, 0.29) is 0 Å². The summed E-state index contributed by atoms with van der Waals surface area (Å²) in [5.41, 5.74) is 2.86. The molecular formula is C15H22O. The van der Waals surface area contributed by atoms with Gasteiger partial charge < -0.3 is 0 Å². The number of rotatable bonds is 0. The second-order valence-electron chi connectivity index (χ2n) is 6.10. The molecule has 1 saturated carbocycles. The Morgan fingerprint density at radius 2 is 1.94 bits per heavy atom. The number of carbonyl (C=O) groups is 1. The minimum Gasteiger partial charge on any atom is -0.295 e. The molecule has 3 atom stereocenters.